The van der Waals surface area contributed by atoms with Gasteiger partial charge < -0.3 is 15.0 Å². The standard InChI is InChI=1S/C12H13BrN2O2/c1-7-10(6-14)12(17-15-7)9-5-8(13)3-4-11(9)16-2/h3-5H,6,14H2,1-2H3. The van der Waals surface area contributed by atoms with Gasteiger partial charge >= 0.3 is 0 Å². The molecule has 0 saturated heterocycles. The molecule has 0 saturated carbocycles. The van der Waals surface area contributed by atoms with Gasteiger partial charge in [-0.1, -0.05) is 21.1 Å². The van der Waals surface area contributed by atoms with Crippen LogP contribution in [-0.4, -0.2) is 12.3 Å². The zero-order valence-electron chi connectivity index (χ0n) is 9.66. The molecule has 0 spiro atoms. The number of hydrogen-bond donors (Lipinski definition) is 1. The van der Waals surface area contributed by atoms with E-state index in [9.17, 15) is 0 Å². The highest BCUT2D eigenvalue weighted by Gasteiger charge is 2.17. The summed E-state index contributed by atoms with van der Waals surface area (Å²) in [5, 5.41) is 3.94. The van der Waals surface area contributed by atoms with Crippen LogP contribution < -0.4 is 10.5 Å². The summed E-state index contributed by atoms with van der Waals surface area (Å²) in [4.78, 5) is 0. The Bertz CT molecular complexity index is 537. The van der Waals surface area contributed by atoms with Crippen LogP contribution >= 0.6 is 15.9 Å². The van der Waals surface area contributed by atoms with Gasteiger partial charge in [0.25, 0.3) is 0 Å². The largest absolute Gasteiger partial charge is 0.496 e. The van der Waals surface area contributed by atoms with Crippen molar-refractivity contribution >= 4 is 15.9 Å². The van der Waals surface area contributed by atoms with E-state index in [4.69, 9.17) is 15.0 Å². The van der Waals surface area contributed by atoms with Gasteiger partial charge in [0.2, 0.25) is 0 Å². The molecule has 1 heterocycles. The van der Waals surface area contributed by atoms with Gasteiger partial charge in [-0.15, -0.1) is 0 Å². The van der Waals surface area contributed by atoms with Crippen LogP contribution in [0.3, 0.4) is 0 Å². The molecule has 0 radical (unpaired) electrons. The average Bonchev–Trinajstić information content (AvgIpc) is 2.70. The topological polar surface area (TPSA) is 61.3 Å². The number of nitrogens with two attached hydrogens (primary N) is 1. The molecule has 2 aromatic rings. The zero-order valence-corrected chi connectivity index (χ0v) is 11.2. The van der Waals surface area contributed by atoms with E-state index >= 15 is 0 Å². The smallest absolute Gasteiger partial charge is 0.175 e. The van der Waals surface area contributed by atoms with Crippen LogP contribution in [0.5, 0.6) is 5.75 Å². The van der Waals surface area contributed by atoms with Gasteiger partial charge in [-0.3, -0.25) is 0 Å². The predicted molar refractivity (Wildman–Crippen MR) is 68.8 cm³/mol. The highest BCUT2D eigenvalue weighted by Crippen LogP contribution is 2.35. The molecule has 0 unspecified atom stereocenters. The number of nitrogens with zero attached hydrogens (tertiary/aromatic N) is 1. The molecule has 0 aliphatic heterocycles. The van der Waals surface area contributed by atoms with Gasteiger partial charge in [0.15, 0.2) is 5.76 Å². The second-order valence-corrected chi connectivity index (χ2v) is 4.54. The molecule has 0 fully saturated rings. The Labute approximate surface area is 108 Å². The van der Waals surface area contributed by atoms with Gasteiger partial charge in [-0.2, -0.15) is 0 Å². The van der Waals surface area contributed by atoms with E-state index in [1.54, 1.807) is 7.11 Å². The van der Waals surface area contributed by atoms with Crippen LogP contribution in [0.4, 0.5) is 0 Å². The minimum atomic E-state index is 0.389. The molecular formula is C12H13BrN2O2. The van der Waals surface area contributed by atoms with Gasteiger partial charge in [-0.25, -0.2) is 0 Å². The molecule has 2 N–H and O–H groups in total. The van der Waals surface area contributed by atoms with E-state index in [0.29, 0.717) is 12.3 Å². The summed E-state index contributed by atoms with van der Waals surface area (Å²) in [5.41, 5.74) is 8.27. The van der Waals surface area contributed by atoms with Crippen LogP contribution in [-0.2, 0) is 6.54 Å². The van der Waals surface area contributed by atoms with Crippen LogP contribution in [0.2, 0.25) is 0 Å². The van der Waals surface area contributed by atoms with Gasteiger partial charge in [0.05, 0.1) is 18.4 Å². The number of rotatable bonds is 3. The van der Waals surface area contributed by atoms with Crippen molar-refractivity contribution < 1.29 is 9.26 Å². The second kappa shape index (κ2) is 4.89. The first kappa shape index (κ1) is 12.1. The van der Waals surface area contributed by atoms with Crippen molar-refractivity contribution in [3.05, 3.63) is 33.9 Å². The Morgan fingerprint density at radius 1 is 1.47 bits per heavy atom. The number of methoxy groups -OCH3 is 1. The number of aryl methyl sites for hydroxylation is 1. The molecule has 5 heteroatoms. The minimum absolute atomic E-state index is 0.389. The summed E-state index contributed by atoms with van der Waals surface area (Å²) < 4.78 is 11.6. The average molecular weight is 297 g/mol. The lowest BCUT2D eigenvalue weighted by atomic mass is 10.1. The Morgan fingerprint density at radius 2 is 2.24 bits per heavy atom. The summed E-state index contributed by atoms with van der Waals surface area (Å²) >= 11 is 3.43. The van der Waals surface area contributed by atoms with E-state index < -0.39 is 0 Å². The summed E-state index contributed by atoms with van der Waals surface area (Å²) in [5.74, 6) is 1.40. The highest BCUT2D eigenvalue weighted by molar-refractivity contribution is 9.10. The third-order valence-corrected chi connectivity index (χ3v) is 3.09. The van der Waals surface area contributed by atoms with Crippen LogP contribution in [0.25, 0.3) is 11.3 Å². The Morgan fingerprint density at radius 3 is 2.88 bits per heavy atom. The number of aromatic nitrogens is 1. The first-order valence-electron chi connectivity index (χ1n) is 5.16. The number of hydrogen-bond acceptors (Lipinski definition) is 4. The number of ether oxygens (including phenoxy) is 1. The van der Waals surface area contributed by atoms with Crippen molar-refractivity contribution in [2.24, 2.45) is 5.73 Å². The van der Waals surface area contributed by atoms with Gasteiger partial charge in [0.1, 0.15) is 5.75 Å². The maximum atomic E-state index is 5.71. The maximum Gasteiger partial charge on any atom is 0.175 e. The number of halogens is 1. The van der Waals surface area contributed by atoms with E-state index in [1.165, 1.54) is 0 Å². The first-order chi connectivity index (χ1) is 8.17. The first-order valence-corrected chi connectivity index (χ1v) is 5.95. The van der Waals surface area contributed by atoms with Crippen LogP contribution in [0.1, 0.15) is 11.3 Å². The molecule has 0 aliphatic carbocycles. The summed E-state index contributed by atoms with van der Waals surface area (Å²) in [6, 6.07) is 5.71. The molecule has 4 nitrogen and oxygen atoms in total. The summed E-state index contributed by atoms with van der Waals surface area (Å²) in [6.45, 7) is 2.26. The van der Waals surface area contributed by atoms with Gasteiger partial charge in [0, 0.05) is 16.6 Å². The fourth-order valence-electron chi connectivity index (χ4n) is 1.70. The van der Waals surface area contributed by atoms with Gasteiger partial charge in [-0.05, 0) is 25.1 Å². The molecule has 1 aromatic carbocycles. The molecular weight excluding hydrogens is 284 g/mol. The lowest BCUT2D eigenvalue weighted by Crippen LogP contribution is -1.99. The lowest BCUT2D eigenvalue weighted by Gasteiger charge is -2.07. The molecule has 0 bridgehead atoms. The molecule has 1 aromatic heterocycles. The Balaban J connectivity index is 2.62. The van der Waals surface area contributed by atoms with E-state index in [-0.39, 0.29) is 0 Å². The van der Waals surface area contributed by atoms with Crippen molar-refractivity contribution in [1.29, 1.82) is 0 Å². The lowest BCUT2D eigenvalue weighted by molar-refractivity contribution is 0.404. The van der Waals surface area contributed by atoms with Crippen molar-refractivity contribution in [2.75, 3.05) is 7.11 Å². The normalized spacial score (nSPS) is 10.6. The van der Waals surface area contributed by atoms with Crippen LogP contribution in [0, 0.1) is 6.92 Å². The van der Waals surface area contributed by atoms with Crippen molar-refractivity contribution in [1.82, 2.24) is 5.16 Å². The Hall–Kier alpha value is -1.33. The molecule has 0 amide bonds. The SMILES string of the molecule is COc1ccc(Br)cc1-c1onc(C)c1CN. The second-order valence-electron chi connectivity index (χ2n) is 3.62. The Kier molecular flexibility index (Phi) is 3.49. The molecule has 0 atom stereocenters. The van der Waals surface area contributed by atoms with Crippen molar-refractivity contribution in [3.8, 4) is 17.1 Å². The summed E-state index contributed by atoms with van der Waals surface area (Å²) in [7, 11) is 1.62. The fraction of sp³-hybridized carbons (Fsp3) is 0.250. The molecule has 90 valence electrons. The number of benzene rings is 1. The zero-order chi connectivity index (χ0) is 12.4. The third kappa shape index (κ3) is 2.21. The molecule has 2 rings (SSSR count). The molecule has 0 aliphatic rings. The highest BCUT2D eigenvalue weighted by atomic mass is 79.9. The van der Waals surface area contributed by atoms with E-state index in [2.05, 4.69) is 21.1 Å². The van der Waals surface area contributed by atoms with Crippen LogP contribution in [0.15, 0.2) is 27.2 Å². The van der Waals surface area contributed by atoms with Crippen molar-refractivity contribution in [2.45, 2.75) is 13.5 Å². The third-order valence-electron chi connectivity index (χ3n) is 2.59. The quantitative estimate of drug-likeness (QED) is 0.946. The summed E-state index contributed by atoms with van der Waals surface area (Å²) in [6.07, 6.45) is 0. The molecule has 17 heavy (non-hydrogen) atoms. The minimum Gasteiger partial charge on any atom is -0.496 e. The van der Waals surface area contributed by atoms with Crippen molar-refractivity contribution in [3.63, 3.8) is 0 Å². The van der Waals surface area contributed by atoms with E-state index in [0.717, 1.165) is 27.0 Å². The van der Waals surface area contributed by atoms with E-state index in [1.807, 2.05) is 25.1 Å². The predicted octanol–water partition coefficient (Wildman–Crippen LogP) is 2.88. The maximum absolute atomic E-state index is 5.71. The monoisotopic (exact) mass is 296 g/mol. The fourth-order valence-corrected chi connectivity index (χ4v) is 2.06.